The van der Waals surface area contributed by atoms with Gasteiger partial charge in [0.05, 0.1) is 12.7 Å². The average Bonchev–Trinajstić information content (AvgIpc) is 2.79. The Hall–Kier alpha value is -1.12. The Morgan fingerprint density at radius 3 is 2.50 bits per heavy atom. The van der Waals surface area contributed by atoms with Crippen LogP contribution in [0.4, 0.5) is 0 Å². The molecule has 0 unspecified atom stereocenters. The van der Waals surface area contributed by atoms with Crippen LogP contribution in [-0.2, 0) is 9.53 Å². The molecule has 0 heterocycles. The summed E-state index contributed by atoms with van der Waals surface area (Å²) in [6.07, 6.45) is 5.07. The normalized spacial score (nSPS) is 20.0. The van der Waals surface area contributed by atoms with Gasteiger partial charge in [0, 0.05) is 6.21 Å². The van der Waals surface area contributed by atoms with Gasteiger partial charge in [-0.05, 0) is 18.3 Å². The van der Waals surface area contributed by atoms with Crippen LogP contribution in [0.2, 0.25) is 0 Å². The first-order valence-electron chi connectivity index (χ1n) is 3.93. The second-order valence-corrected chi connectivity index (χ2v) is 3.39. The lowest BCUT2D eigenvalue weighted by Crippen LogP contribution is -2.07. The van der Waals surface area contributed by atoms with Crippen LogP contribution in [0.5, 0.6) is 0 Å². The van der Waals surface area contributed by atoms with E-state index in [1.807, 2.05) is 6.08 Å². The largest absolute Gasteiger partial charge is 0.465 e. The molecular weight excluding hydrogens is 154 g/mol. The third-order valence-corrected chi connectivity index (χ3v) is 2.12. The van der Waals surface area contributed by atoms with Gasteiger partial charge in [-0.25, -0.2) is 4.79 Å². The van der Waals surface area contributed by atoms with Gasteiger partial charge in [0.25, 0.3) is 0 Å². The predicted octanol–water partition coefficient (Wildman–Crippen LogP) is 1.54. The molecule has 0 aromatic rings. The fourth-order valence-electron chi connectivity index (χ4n) is 0.994. The quantitative estimate of drug-likeness (QED) is 0.393. The Bertz CT molecular complexity index is 239. The number of carbonyl (C=O) groups excluding carboxylic acids is 1. The minimum Gasteiger partial charge on any atom is -0.465 e. The van der Waals surface area contributed by atoms with Gasteiger partial charge < -0.3 is 10.1 Å². The molecule has 1 aliphatic carbocycles. The second-order valence-electron chi connectivity index (χ2n) is 3.39. The Balaban J connectivity index is 2.73. The van der Waals surface area contributed by atoms with Gasteiger partial charge in [0.15, 0.2) is 0 Å². The van der Waals surface area contributed by atoms with Crippen molar-refractivity contribution in [2.24, 2.45) is 5.41 Å². The highest BCUT2D eigenvalue weighted by molar-refractivity contribution is 6.08. The van der Waals surface area contributed by atoms with Crippen molar-refractivity contribution in [1.29, 1.82) is 5.41 Å². The molecule has 1 N–H and O–H groups in total. The van der Waals surface area contributed by atoms with Gasteiger partial charge in [-0.3, -0.25) is 0 Å². The molecule has 1 aliphatic rings. The van der Waals surface area contributed by atoms with Crippen molar-refractivity contribution < 1.29 is 9.53 Å². The Kier molecular flexibility index (Phi) is 2.31. The van der Waals surface area contributed by atoms with E-state index >= 15 is 0 Å². The molecule has 1 saturated carbocycles. The lowest BCUT2D eigenvalue weighted by molar-refractivity contribution is -0.135. The lowest BCUT2D eigenvalue weighted by atomic mass is 10.1. The van der Waals surface area contributed by atoms with Crippen LogP contribution in [0.3, 0.4) is 0 Å². The topological polar surface area (TPSA) is 50.2 Å². The molecule has 0 saturated heterocycles. The molecule has 66 valence electrons. The van der Waals surface area contributed by atoms with E-state index in [4.69, 9.17) is 5.41 Å². The van der Waals surface area contributed by atoms with Crippen molar-refractivity contribution in [2.45, 2.75) is 19.8 Å². The number of esters is 1. The van der Waals surface area contributed by atoms with E-state index in [-0.39, 0.29) is 5.41 Å². The molecule has 1 fully saturated rings. The monoisotopic (exact) mass is 167 g/mol. The first kappa shape index (κ1) is 8.97. The molecule has 0 spiro atoms. The molecule has 12 heavy (non-hydrogen) atoms. The van der Waals surface area contributed by atoms with Crippen molar-refractivity contribution >= 4 is 12.2 Å². The number of hydrogen-bond acceptors (Lipinski definition) is 3. The SMILES string of the molecule is COC(=O)/C(C=N)=C\C1(C)CC1. The molecule has 0 aliphatic heterocycles. The number of nitrogens with one attached hydrogen (secondary N) is 1. The van der Waals surface area contributed by atoms with Crippen molar-refractivity contribution in [3.05, 3.63) is 11.6 Å². The number of allylic oxidation sites excluding steroid dienone is 1. The van der Waals surface area contributed by atoms with E-state index in [0.29, 0.717) is 5.57 Å². The van der Waals surface area contributed by atoms with Gasteiger partial charge >= 0.3 is 5.97 Å². The Morgan fingerprint density at radius 2 is 2.17 bits per heavy atom. The van der Waals surface area contributed by atoms with Gasteiger partial charge in [0.1, 0.15) is 0 Å². The van der Waals surface area contributed by atoms with Crippen LogP contribution in [-0.4, -0.2) is 19.3 Å². The summed E-state index contributed by atoms with van der Waals surface area (Å²) in [6, 6.07) is 0. The molecule has 0 bridgehead atoms. The maximum Gasteiger partial charge on any atom is 0.339 e. The summed E-state index contributed by atoms with van der Waals surface area (Å²) in [7, 11) is 1.33. The van der Waals surface area contributed by atoms with Crippen molar-refractivity contribution in [3.63, 3.8) is 0 Å². The summed E-state index contributed by atoms with van der Waals surface area (Å²) >= 11 is 0. The summed E-state index contributed by atoms with van der Waals surface area (Å²) in [6.45, 7) is 2.07. The Morgan fingerprint density at radius 1 is 1.58 bits per heavy atom. The maximum atomic E-state index is 11.0. The fraction of sp³-hybridized carbons (Fsp3) is 0.556. The molecular formula is C9H13NO2. The third kappa shape index (κ3) is 1.94. The van der Waals surface area contributed by atoms with E-state index in [9.17, 15) is 4.79 Å². The van der Waals surface area contributed by atoms with Gasteiger partial charge in [-0.15, -0.1) is 0 Å². The van der Waals surface area contributed by atoms with Gasteiger partial charge in [0.2, 0.25) is 0 Å². The molecule has 0 amide bonds. The predicted molar refractivity (Wildman–Crippen MR) is 46.2 cm³/mol. The number of hydrogen-bond donors (Lipinski definition) is 1. The smallest absolute Gasteiger partial charge is 0.339 e. The van der Waals surface area contributed by atoms with E-state index in [0.717, 1.165) is 19.1 Å². The maximum absolute atomic E-state index is 11.0. The van der Waals surface area contributed by atoms with Gasteiger partial charge in [-0.2, -0.15) is 0 Å². The second kappa shape index (κ2) is 3.09. The minimum absolute atomic E-state index is 0.140. The highest BCUT2D eigenvalue weighted by Gasteiger charge is 2.35. The molecule has 1 rings (SSSR count). The van der Waals surface area contributed by atoms with Crippen LogP contribution < -0.4 is 0 Å². The van der Waals surface area contributed by atoms with Crippen LogP contribution in [0.15, 0.2) is 11.6 Å². The standard InChI is InChI=1S/C9H13NO2/c1-9(3-4-9)5-7(6-10)8(11)12-2/h5-6,10H,3-4H2,1-2H3/b7-5-,10-6?. The van der Waals surface area contributed by atoms with E-state index < -0.39 is 5.97 Å². The van der Waals surface area contributed by atoms with E-state index in [1.54, 1.807) is 0 Å². The zero-order valence-corrected chi connectivity index (χ0v) is 7.39. The van der Waals surface area contributed by atoms with Crippen LogP contribution in [0, 0.1) is 10.8 Å². The van der Waals surface area contributed by atoms with Crippen LogP contribution in [0.1, 0.15) is 19.8 Å². The van der Waals surface area contributed by atoms with Crippen molar-refractivity contribution in [1.82, 2.24) is 0 Å². The minimum atomic E-state index is -0.418. The zero-order chi connectivity index (χ0) is 9.19. The number of rotatable bonds is 3. The third-order valence-electron chi connectivity index (χ3n) is 2.12. The fourth-order valence-corrected chi connectivity index (χ4v) is 0.994. The average molecular weight is 167 g/mol. The lowest BCUT2D eigenvalue weighted by Gasteiger charge is -2.02. The first-order chi connectivity index (χ1) is 5.61. The molecule has 0 aromatic heterocycles. The van der Waals surface area contributed by atoms with Crippen molar-refractivity contribution in [3.8, 4) is 0 Å². The summed E-state index contributed by atoms with van der Waals surface area (Å²) in [4.78, 5) is 11.0. The number of carbonyl (C=O) groups is 1. The molecule has 3 heteroatoms. The van der Waals surface area contributed by atoms with Crippen molar-refractivity contribution in [2.75, 3.05) is 7.11 Å². The molecule has 0 atom stereocenters. The molecule has 0 radical (unpaired) electrons. The first-order valence-corrected chi connectivity index (χ1v) is 3.93. The number of ether oxygens (including phenoxy) is 1. The highest BCUT2D eigenvalue weighted by Crippen LogP contribution is 2.46. The van der Waals surface area contributed by atoms with E-state index in [2.05, 4.69) is 11.7 Å². The summed E-state index contributed by atoms with van der Waals surface area (Å²) in [5.74, 6) is -0.418. The molecule has 3 nitrogen and oxygen atoms in total. The van der Waals surface area contributed by atoms with E-state index in [1.165, 1.54) is 7.11 Å². The zero-order valence-electron chi connectivity index (χ0n) is 7.39. The number of methoxy groups -OCH3 is 1. The van der Waals surface area contributed by atoms with Gasteiger partial charge in [-0.1, -0.05) is 13.0 Å². The summed E-state index contributed by atoms with van der Waals surface area (Å²) < 4.78 is 4.52. The highest BCUT2D eigenvalue weighted by atomic mass is 16.5. The van der Waals surface area contributed by atoms with Crippen LogP contribution in [0.25, 0.3) is 0 Å². The molecule has 0 aromatic carbocycles. The summed E-state index contributed by atoms with van der Waals surface area (Å²) in [5.41, 5.74) is 0.499. The summed E-state index contributed by atoms with van der Waals surface area (Å²) in [5, 5.41) is 7.01. The van der Waals surface area contributed by atoms with Crippen LogP contribution >= 0.6 is 0 Å². The Labute approximate surface area is 71.9 Å².